The van der Waals surface area contributed by atoms with E-state index in [0.29, 0.717) is 42.5 Å². The Morgan fingerprint density at radius 2 is 1.79 bits per heavy atom. The molecule has 152 valence electrons. The second-order valence-corrected chi connectivity index (χ2v) is 6.34. The standard InChI is InChI=1S/C22H24N2O5/c1-16-3-5-18(6-4-16)29-19-7-8-23-21(14-19)20-13-17(15-24-20)22(25)28-12-11-27-10-9-26-2/h3-8,13-15,24H,9-12H2,1-2H3. The lowest BCUT2D eigenvalue weighted by Gasteiger charge is -2.07. The monoisotopic (exact) mass is 396 g/mol. The topological polar surface area (TPSA) is 82.7 Å². The average Bonchev–Trinajstić information content (AvgIpc) is 3.23. The zero-order chi connectivity index (χ0) is 20.5. The fourth-order valence-corrected chi connectivity index (χ4v) is 2.55. The zero-order valence-electron chi connectivity index (χ0n) is 16.5. The van der Waals surface area contributed by atoms with Gasteiger partial charge >= 0.3 is 5.97 Å². The first-order valence-corrected chi connectivity index (χ1v) is 9.29. The van der Waals surface area contributed by atoms with Gasteiger partial charge in [0.05, 0.1) is 36.8 Å². The highest BCUT2D eigenvalue weighted by Crippen LogP contribution is 2.26. The summed E-state index contributed by atoms with van der Waals surface area (Å²) in [6.07, 6.45) is 3.26. The number of rotatable bonds is 10. The molecule has 0 spiro atoms. The number of esters is 1. The molecule has 2 aromatic heterocycles. The molecule has 0 aliphatic heterocycles. The summed E-state index contributed by atoms with van der Waals surface area (Å²) in [6.45, 7) is 3.51. The molecule has 0 saturated heterocycles. The summed E-state index contributed by atoms with van der Waals surface area (Å²) >= 11 is 0. The van der Waals surface area contributed by atoms with Gasteiger partial charge in [0.25, 0.3) is 0 Å². The van der Waals surface area contributed by atoms with Crippen LogP contribution in [0.2, 0.25) is 0 Å². The normalized spacial score (nSPS) is 10.7. The van der Waals surface area contributed by atoms with Gasteiger partial charge in [0.1, 0.15) is 18.1 Å². The van der Waals surface area contributed by atoms with Crippen LogP contribution in [0.4, 0.5) is 0 Å². The molecule has 0 aliphatic carbocycles. The fourth-order valence-electron chi connectivity index (χ4n) is 2.55. The number of nitrogens with one attached hydrogen (secondary N) is 1. The van der Waals surface area contributed by atoms with E-state index in [-0.39, 0.29) is 6.61 Å². The minimum absolute atomic E-state index is 0.182. The van der Waals surface area contributed by atoms with Gasteiger partial charge in [-0.2, -0.15) is 0 Å². The number of methoxy groups -OCH3 is 1. The highest BCUT2D eigenvalue weighted by atomic mass is 16.6. The molecule has 0 amide bonds. The molecule has 0 aliphatic rings. The van der Waals surface area contributed by atoms with Crippen LogP contribution >= 0.6 is 0 Å². The van der Waals surface area contributed by atoms with E-state index < -0.39 is 5.97 Å². The molecule has 0 fully saturated rings. The van der Waals surface area contributed by atoms with Crippen molar-refractivity contribution in [3.63, 3.8) is 0 Å². The van der Waals surface area contributed by atoms with Crippen LogP contribution in [0.3, 0.4) is 0 Å². The van der Waals surface area contributed by atoms with E-state index in [1.165, 1.54) is 5.56 Å². The Hall–Kier alpha value is -3.16. The molecule has 3 rings (SSSR count). The molecule has 29 heavy (non-hydrogen) atoms. The van der Waals surface area contributed by atoms with E-state index in [9.17, 15) is 4.79 Å². The maximum absolute atomic E-state index is 12.1. The first kappa shape index (κ1) is 20.6. The summed E-state index contributed by atoms with van der Waals surface area (Å²) in [5.74, 6) is 0.983. The van der Waals surface area contributed by atoms with Gasteiger partial charge in [-0.25, -0.2) is 4.79 Å². The number of carbonyl (C=O) groups excluding carboxylic acids is 1. The third kappa shape index (κ3) is 6.17. The number of aromatic nitrogens is 2. The van der Waals surface area contributed by atoms with E-state index in [2.05, 4.69) is 9.97 Å². The smallest absolute Gasteiger partial charge is 0.339 e. The van der Waals surface area contributed by atoms with Crippen molar-refractivity contribution in [3.05, 3.63) is 66.0 Å². The lowest BCUT2D eigenvalue weighted by atomic mass is 10.2. The summed E-state index contributed by atoms with van der Waals surface area (Å²) in [7, 11) is 1.60. The molecule has 3 aromatic rings. The number of aromatic amines is 1. The van der Waals surface area contributed by atoms with Gasteiger partial charge in [0.15, 0.2) is 0 Å². The molecule has 1 aromatic carbocycles. The van der Waals surface area contributed by atoms with E-state index in [4.69, 9.17) is 18.9 Å². The minimum atomic E-state index is -0.421. The van der Waals surface area contributed by atoms with E-state index in [1.807, 2.05) is 37.3 Å². The number of H-pyrrole nitrogens is 1. The molecular weight excluding hydrogens is 372 g/mol. The van der Waals surface area contributed by atoms with E-state index in [1.54, 1.807) is 31.6 Å². The number of benzene rings is 1. The molecule has 2 heterocycles. The summed E-state index contributed by atoms with van der Waals surface area (Å²) in [5, 5.41) is 0. The van der Waals surface area contributed by atoms with Crippen LogP contribution in [0, 0.1) is 6.92 Å². The molecule has 0 bridgehead atoms. The SMILES string of the molecule is COCCOCCOC(=O)c1c[nH]c(-c2cc(Oc3ccc(C)cc3)ccn2)c1. The van der Waals surface area contributed by atoms with Gasteiger partial charge in [0, 0.05) is 25.6 Å². The van der Waals surface area contributed by atoms with Gasteiger partial charge in [0.2, 0.25) is 0 Å². The lowest BCUT2D eigenvalue weighted by Crippen LogP contribution is -2.12. The third-order valence-corrected chi connectivity index (χ3v) is 4.08. The van der Waals surface area contributed by atoms with Crippen LogP contribution in [0.1, 0.15) is 15.9 Å². The van der Waals surface area contributed by atoms with Crippen molar-refractivity contribution in [1.29, 1.82) is 0 Å². The lowest BCUT2D eigenvalue weighted by molar-refractivity contribution is 0.0214. The van der Waals surface area contributed by atoms with Crippen molar-refractivity contribution in [1.82, 2.24) is 9.97 Å². The van der Waals surface area contributed by atoms with Crippen LogP contribution in [0.25, 0.3) is 11.4 Å². The molecule has 1 N–H and O–H groups in total. The van der Waals surface area contributed by atoms with Crippen molar-refractivity contribution < 1.29 is 23.7 Å². The maximum Gasteiger partial charge on any atom is 0.339 e. The van der Waals surface area contributed by atoms with Crippen molar-refractivity contribution in [2.45, 2.75) is 6.92 Å². The van der Waals surface area contributed by atoms with Crippen molar-refractivity contribution >= 4 is 5.97 Å². The summed E-state index contributed by atoms with van der Waals surface area (Å²) in [4.78, 5) is 19.5. The van der Waals surface area contributed by atoms with Crippen LogP contribution in [-0.2, 0) is 14.2 Å². The Morgan fingerprint density at radius 3 is 2.59 bits per heavy atom. The number of hydrogen-bond acceptors (Lipinski definition) is 6. The Bertz CT molecular complexity index is 921. The highest BCUT2D eigenvalue weighted by Gasteiger charge is 2.12. The predicted octanol–water partition coefficient (Wildman–Crippen LogP) is 4.00. The second kappa shape index (κ2) is 10.4. The number of pyridine rings is 1. The number of ether oxygens (including phenoxy) is 4. The first-order chi connectivity index (χ1) is 14.2. The number of aryl methyl sites for hydroxylation is 1. The van der Waals surface area contributed by atoms with Crippen molar-refractivity contribution in [2.24, 2.45) is 0 Å². The zero-order valence-corrected chi connectivity index (χ0v) is 16.5. The molecule has 7 nitrogen and oxygen atoms in total. The molecule has 0 atom stereocenters. The number of carbonyl (C=O) groups is 1. The Kier molecular flexibility index (Phi) is 7.38. The third-order valence-electron chi connectivity index (χ3n) is 4.08. The van der Waals surface area contributed by atoms with E-state index in [0.717, 1.165) is 5.75 Å². The van der Waals surface area contributed by atoms with Crippen molar-refractivity contribution in [2.75, 3.05) is 33.5 Å². The van der Waals surface area contributed by atoms with Crippen molar-refractivity contribution in [3.8, 4) is 22.9 Å². The van der Waals surface area contributed by atoms with E-state index >= 15 is 0 Å². The summed E-state index contributed by atoms with van der Waals surface area (Å²) in [5.41, 5.74) is 2.95. The Balaban J connectivity index is 1.58. The van der Waals surface area contributed by atoms with Gasteiger partial charge < -0.3 is 23.9 Å². The minimum Gasteiger partial charge on any atom is -0.460 e. The molecule has 0 saturated carbocycles. The molecule has 7 heteroatoms. The largest absolute Gasteiger partial charge is 0.460 e. The van der Waals surface area contributed by atoms with Crippen LogP contribution in [-0.4, -0.2) is 49.5 Å². The molecule has 0 radical (unpaired) electrons. The van der Waals surface area contributed by atoms with Gasteiger partial charge in [-0.05, 0) is 31.2 Å². The predicted molar refractivity (Wildman–Crippen MR) is 108 cm³/mol. The fraction of sp³-hybridized carbons (Fsp3) is 0.273. The van der Waals surface area contributed by atoms with Gasteiger partial charge in [-0.15, -0.1) is 0 Å². The Morgan fingerprint density at radius 1 is 1.00 bits per heavy atom. The molecular formula is C22H24N2O5. The van der Waals surface area contributed by atoms with Crippen LogP contribution in [0.5, 0.6) is 11.5 Å². The second-order valence-electron chi connectivity index (χ2n) is 6.34. The van der Waals surface area contributed by atoms with Gasteiger partial charge in [-0.1, -0.05) is 17.7 Å². The number of hydrogen-bond donors (Lipinski definition) is 1. The Labute approximate surface area is 169 Å². The average molecular weight is 396 g/mol. The summed E-state index contributed by atoms with van der Waals surface area (Å²) < 4.78 is 21.2. The molecule has 0 unspecified atom stereocenters. The van der Waals surface area contributed by atoms with Crippen LogP contribution in [0.15, 0.2) is 54.9 Å². The number of nitrogens with zero attached hydrogens (tertiary/aromatic N) is 1. The van der Waals surface area contributed by atoms with Crippen LogP contribution < -0.4 is 4.74 Å². The highest BCUT2D eigenvalue weighted by molar-refractivity contribution is 5.90. The first-order valence-electron chi connectivity index (χ1n) is 9.29. The van der Waals surface area contributed by atoms with Gasteiger partial charge in [-0.3, -0.25) is 4.98 Å². The summed E-state index contributed by atoms with van der Waals surface area (Å²) in [6, 6.07) is 13.1. The maximum atomic E-state index is 12.1. The quantitative estimate of drug-likeness (QED) is 0.412.